The molecule has 7 aromatic carbocycles. The predicted octanol–water partition coefficient (Wildman–Crippen LogP) is 13.9. The van der Waals surface area contributed by atoms with Crippen molar-refractivity contribution in [1.82, 2.24) is 39.9 Å². The number of benzene rings is 7. The van der Waals surface area contributed by atoms with Gasteiger partial charge in [-0.05, 0) is 113 Å². The van der Waals surface area contributed by atoms with Gasteiger partial charge in [0.05, 0.1) is 0 Å². The maximum atomic E-state index is 5.24. The van der Waals surface area contributed by atoms with Crippen LogP contribution < -0.4 is 0 Å². The lowest BCUT2D eigenvalue weighted by Crippen LogP contribution is -2.55. The van der Waals surface area contributed by atoms with Crippen molar-refractivity contribution in [3.63, 3.8) is 0 Å². The highest BCUT2D eigenvalue weighted by Gasteiger charge is 2.61. The van der Waals surface area contributed by atoms with Crippen molar-refractivity contribution in [2.75, 3.05) is 0 Å². The molecule has 4 saturated carbocycles. The zero-order valence-electron chi connectivity index (χ0n) is 38.4. The first-order valence-electron chi connectivity index (χ1n) is 24.6. The van der Waals surface area contributed by atoms with Crippen LogP contribution in [0.15, 0.2) is 194 Å². The molecule has 0 aliphatic heterocycles. The normalized spacial score (nSPS) is 20.3. The van der Waals surface area contributed by atoms with Crippen LogP contribution in [-0.4, -0.2) is 39.9 Å². The Morgan fingerprint density at radius 3 is 1.29 bits per heavy atom. The van der Waals surface area contributed by atoms with E-state index in [0.717, 1.165) is 50.8 Å². The van der Waals surface area contributed by atoms with Crippen LogP contribution in [0.2, 0.25) is 0 Å². The molecule has 70 heavy (non-hydrogen) atoms. The lowest BCUT2D eigenvalue weighted by molar-refractivity contribution is -0.0399. The van der Waals surface area contributed by atoms with Crippen LogP contribution in [0.5, 0.6) is 0 Å². The highest BCUT2D eigenvalue weighted by Crippen LogP contribution is 2.69. The van der Waals surface area contributed by atoms with Crippen LogP contribution in [0.3, 0.4) is 0 Å². The quantitative estimate of drug-likeness (QED) is 0.149. The summed E-state index contributed by atoms with van der Waals surface area (Å²) in [4.78, 5) is 40.2. The molecule has 0 unspecified atom stereocenters. The monoisotopic (exact) mass is 902 g/mol. The van der Waals surface area contributed by atoms with Crippen LogP contribution in [0, 0.1) is 23.7 Å². The Morgan fingerprint density at radius 2 is 0.743 bits per heavy atom. The minimum Gasteiger partial charge on any atom is -0.237 e. The minimum absolute atomic E-state index is 0.0535. The van der Waals surface area contributed by atoms with E-state index in [4.69, 9.17) is 39.9 Å². The Morgan fingerprint density at radius 1 is 0.300 bits per heavy atom. The second-order valence-electron chi connectivity index (χ2n) is 19.6. The fourth-order valence-electron chi connectivity index (χ4n) is 12.8. The Labute approximate surface area is 406 Å². The first kappa shape index (κ1) is 40.7. The molecule has 334 valence electrons. The van der Waals surface area contributed by atoms with E-state index in [2.05, 4.69) is 84.9 Å². The van der Waals surface area contributed by atoms with Gasteiger partial charge in [-0.1, -0.05) is 164 Å². The molecule has 0 N–H and O–H groups in total. The van der Waals surface area contributed by atoms with Gasteiger partial charge in [0.1, 0.15) is 5.69 Å². The van der Waals surface area contributed by atoms with Crippen LogP contribution in [0.25, 0.3) is 102 Å². The summed E-state index contributed by atoms with van der Waals surface area (Å²) < 4.78 is 0. The molecular formula is C62H46N8. The number of hydrogen-bond acceptors (Lipinski definition) is 8. The average Bonchev–Trinajstić information content (AvgIpc) is 3.72. The standard InChI is InChI=1S/C62H46N8/c1-5-14-40(15-6-1)56-65-57(41-16-7-2-8-17-41)68-60(67-56)46-23-13-22-44(35-46)45-25-27-52-51(36-45)50-26-24-47(37-53(50)62(52)48-31-38-30-39(33-48)34-49(62)32-38)55-63-29-28-54(64-55)61-69-58(42-18-9-3-10-19-42)66-59(70-61)43-20-11-4-12-21-43/h1-29,35-39,48-49H,30-34H2. The van der Waals surface area contributed by atoms with Gasteiger partial charge in [-0.2, -0.15) is 0 Å². The molecule has 4 bridgehead atoms. The molecule has 1 spiro atoms. The Balaban J connectivity index is 0.869. The molecule has 0 amide bonds. The smallest absolute Gasteiger partial charge is 0.182 e. The van der Waals surface area contributed by atoms with E-state index in [1.807, 2.05) is 109 Å². The molecule has 15 rings (SSSR count). The van der Waals surface area contributed by atoms with E-state index in [-0.39, 0.29) is 5.41 Å². The summed E-state index contributed by atoms with van der Waals surface area (Å²) in [6.07, 6.45) is 8.41. The third-order valence-electron chi connectivity index (χ3n) is 15.6. The topological polar surface area (TPSA) is 103 Å². The lowest BCUT2D eigenvalue weighted by atomic mass is 9.43. The van der Waals surface area contributed by atoms with Crippen molar-refractivity contribution < 1.29 is 0 Å². The van der Waals surface area contributed by atoms with Gasteiger partial charge in [0.2, 0.25) is 0 Å². The molecular weight excluding hydrogens is 857 g/mol. The summed E-state index contributed by atoms with van der Waals surface area (Å²) >= 11 is 0. The van der Waals surface area contributed by atoms with Crippen molar-refractivity contribution in [3.05, 3.63) is 205 Å². The van der Waals surface area contributed by atoms with Gasteiger partial charge in [0.15, 0.2) is 40.8 Å². The Kier molecular flexibility index (Phi) is 9.54. The van der Waals surface area contributed by atoms with Gasteiger partial charge < -0.3 is 0 Å². The van der Waals surface area contributed by atoms with Gasteiger partial charge in [0, 0.05) is 45.0 Å². The first-order valence-corrected chi connectivity index (χ1v) is 24.6. The number of aromatic nitrogens is 8. The summed E-state index contributed by atoms with van der Waals surface area (Å²) in [5.74, 6) is 7.20. The van der Waals surface area contributed by atoms with E-state index in [1.54, 1.807) is 0 Å². The first-order chi connectivity index (χ1) is 34.6. The number of nitrogens with zero attached hydrogens (tertiary/aromatic N) is 8. The zero-order chi connectivity index (χ0) is 46.2. The largest absolute Gasteiger partial charge is 0.237 e. The van der Waals surface area contributed by atoms with Gasteiger partial charge in [-0.25, -0.2) is 39.9 Å². The summed E-state index contributed by atoms with van der Waals surface area (Å²) in [5, 5.41) is 0. The minimum atomic E-state index is -0.0535. The molecule has 3 heterocycles. The number of fused-ring (bicyclic) bond motifs is 3. The highest BCUT2D eigenvalue weighted by molar-refractivity contribution is 5.88. The fourth-order valence-corrected chi connectivity index (χ4v) is 12.8. The van der Waals surface area contributed by atoms with E-state index < -0.39 is 0 Å². The number of hydrogen-bond donors (Lipinski definition) is 0. The van der Waals surface area contributed by atoms with Crippen LogP contribution in [0.1, 0.15) is 43.2 Å². The van der Waals surface area contributed by atoms with Crippen molar-refractivity contribution >= 4 is 0 Å². The van der Waals surface area contributed by atoms with Crippen LogP contribution in [0.4, 0.5) is 0 Å². The predicted molar refractivity (Wildman–Crippen MR) is 276 cm³/mol. The Bertz CT molecular complexity index is 3470. The zero-order valence-corrected chi connectivity index (χ0v) is 38.4. The molecule has 10 aromatic rings. The Hall–Kier alpha value is -8.36. The molecule has 5 aliphatic carbocycles. The van der Waals surface area contributed by atoms with Crippen molar-refractivity contribution in [2.24, 2.45) is 23.7 Å². The van der Waals surface area contributed by atoms with Crippen molar-refractivity contribution in [1.29, 1.82) is 0 Å². The van der Waals surface area contributed by atoms with Crippen LogP contribution >= 0.6 is 0 Å². The maximum Gasteiger partial charge on any atom is 0.182 e. The van der Waals surface area contributed by atoms with Gasteiger partial charge in [-0.15, -0.1) is 0 Å². The molecule has 3 aromatic heterocycles. The third kappa shape index (κ3) is 6.80. The average molecular weight is 903 g/mol. The maximum absolute atomic E-state index is 5.24. The van der Waals surface area contributed by atoms with E-state index in [1.165, 1.54) is 59.9 Å². The van der Waals surface area contributed by atoms with E-state index in [9.17, 15) is 0 Å². The van der Waals surface area contributed by atoms with Crippen molar-refractivity contribution in [3.8, 4) is 102 Å². The summed E-state index contributed by atoms with van der Waals surface area (Å²) in [6, 6.07) is 65.4. The molecule has 8 heteroatoms. The second kappa shape index (κ2) is 16.4. The lowest BCUT2D eigenvalue weighted by Gasteiger charge is -2.61. The van der Waals surface area contributed by atoms with Crippen molar-refractivity contribution in [2.45, 2.75) is 37.5 Å². The fraction of sp³-hybridized carbons (Fsp3) is 0.161. The highest BCUT2D eigenvalue weighted by atomic mass is 15.1. The summed E-state index contributed by atoms with van der Waals surface area (Å²) in [6.45, 7) is 0. The molecule has 0 saturated heterocycles. The van der Waals surface area contributed by atoms with Gasteiger partial charge >= 0.3 is 0 Å². The summed E-state index contributed by atoms with van der Waals surface area (Å²) in [5.41, 5.74) is 14.2. The third-order valence-corrected chi connectivity index (χ3v) is 15.6. The SMILES string of the molecule is c1ccc(-c2nc(-c3ccccc3)nc(-c3cccc(-c4ccc5c(c4)-c4ccc(-c6nccc(-c7nc(-c8ccccc8)nc(-c8ccccc8)n7)n6)cc4C54C5CC6CC(C5)CC4C6)c3)n2)cc1. The molecule has 8 nitrogen and oxygen atoms in total. The molecule has 0 atom stereocenters. The van der Waals surface area contributed by atoms with E-state index >= 15 is 0 Å². The number of rotatable bonds is 8. The molecule has 5 aliphatic rings. The second-order valence-corrected chi connectivity index (χ2v) is 19.6. The molecule has 4 fully saturated rings. The summed E-state index contributed by atoms with van der Waals surface area (Å²) in [7, 11) is 0. The van der Waals surface area contributed by atoms with Gasteiger partial charge in [-0.3, -0.25) is 0 Å². The van der Waals surface area contributed by atoms with Gasteiger partial charge in [0.25, 0.3) is 0 Å². The molecule has 0 radical (unpaired) electrons. The van der Waals surface area contributed by atoms with Crippen LogP contribution in [-0.2, 0) is 5.41 Å². The van der Waals surface area contributed by atoms with E-state index in [0.29, 0.717) is 58.3 Å².